The summed E-state index contributed by atoms with van der Waals surface area (Å²) in [4.78, 5) is 18.8. The van der Waals surface area contributed by atoms with Gasteiger partial charge in [0.15, 0.2) is 5.16 Å². The molecule has 5 N–H and O–H groups in total. The van der Waals surface area contributed by atoms with Crippen LogP contribution in [0.1, 0.15) is 10.4 Å². The van der Waals surface area contributed by atoms with E-state index in [1.54, 1.807) is 18.5 Å². The number of hydrogen-bond acceptors (Lipinski definition) is 4. The number of nitrogen functional groups attached to an aromatic ring is 1. The van der Waals surface area contributed by atoms with Crippen LogP contribution in [0.25, 0.3) is 0 Å². The predicted molar refractivity (Wildman–Crippen MR) is 67.1 cm³/mol. The first-order valence-electron chi connectivity index (χ1n) is 4.64. The minimum atomic E-state index is -0.576. The Kier molecular flexibility index (Phi) is 3.26. The lowest BCUT2D eigenvalue weighted by Gasteiger charge is -2.08. The van der Waals surface area contributed by atoms with E-state index in [1.165, 1.54) is 17.8 Å². The topological polar surface area (TPSA) is 97.8 Å². The van der Waals surface area contributed by atoms with Crippen molar-refractivity contribution >= 4 is 35.0 Å². The highest BCUT2D eigenvalue weighted by molar-refractivity contribution is 7.99. The maximum absolute atomic E-state index is 11.3. The summed E-state index contributed by atoms with van der Waals surface area (Å²) in [6.45, 7) is 0. The lowest BCUT2D eigenvalue weighted by Crippen LogP contribution is -2.13. The molecule has 0 aliphatic heterocycles. The molecule has 2 aromatic rings. The molecule has 1 aromatic carbocycles. The van der Waals surface area contributed by atoms with Crippen LogP contribution in [0.5, 0.6) is 0 Å². The first-order valence-corrected chi connectivity index (χ1v) is 5.83. The number of primary amides is 1. The van der Waals surface area contributed by atoms with Crippen molar-refractivity contribution in [2.45, 2.75) is 10.1 Å². The van der Waals surface area contributed by atoms with Crippen LogP contribution in [-0.2, 0) is 0 Å². The number of aromatic nitrogens is 2. The highest BCUT2D eigenvalue weighted by Crippen LogP contribution is 2.35. The van der Waals surface area contributed by atoms with E-state index in [4.69, 9.17) is 23.1 Å². The SMILES string of the molecule is NC(=O)c1cc(N)cc(Cl)c1Sc1ncc[nH]1. The minimum absolute atomic E-state index is 0.288. The van der Waals surface area contributed by atoms with Crippen molar-refractivity contribution in [2.75, 3.05) is 5.73 Å². The van der Waals surface area contributed by atoms with Gasteiger partial charge in [0.2, 0.25) is 5.91 Å². The molecule has 0 spiro atoms. The van der Waals surface area contributed by atoms with Gasteiger partial charge in [0.25, 0.3) is 0 Å². The summed E-state index contributed by atoms with van der Waals surface area (Å²) in [5.41, 5.74) is 11.6. The van der Waals surface area contributed by atoms with Crippen LogP contribution in [0.4, 0.5) is 5.69 Å². The first-order chi connectivity index (χ1) is 8.08. The van der Waals surface area contributed by atoms with Gasteiger partial charge >= 0.3 is 0 Å². The van der Waals surface area contributed by atoms with Gasteiger partial charge in [-0.2, -0.15) is 0 Å². The van der Waals surface area contributed by atoms with E-state index in [0.29, 0.717) is 20.8 Å². The van der Waals surface area contributed by atoms with Crippen LogP contribution in [0.15, 0.2) is 34.6 Å². The van der Waals surface area contributed by atoms with E-state index in [1.807, 2.05) is 0 Å². The average Bonchev–Trinajstić information content (AvgIpc) is 2.74. The number of rotatable bonds is 3. The highest BCUT2D eigenvalue weighted by atomic mass is 35.5. The molecule has 0 saturated carbocycles. The molecule has 0 aliphatic carbocycles. The van der Waals surface area contributed by atoms with Crippen LogP contribution in [0, 0.1) is 0 Å². The molecule has 0 radical (unpaired) electrons. The number of nitrogens with zero attached hydrogens (tertiary/aromatic N) is 1. The number of halogens is 1. The van der Waals surface area contributed by atoms with Crippen molar-refractivity contribution in [1.82, 2.24) is 9.97 Å². The molecule has 5 nitrogen and oxygen atoms in total. The molecule has 0 atom stereocenters. The van der Waals surface area contributed by atoms with Gasteiger partial charge in [-0.3, -0.25) is 4.79 Å². The zero-order valence-electron chi connectivity index (χ0n) is 8.61. The van der Waals surface area contributed by atoms with Crippen LogP contribution in [-0.4, -0.2) is 15.9 Å². The quantitative estimate of drug-likeness (QED) is 0.741. The van der Waals surface area contributed by atoms with Gasteiger partial charge in [-0.25, -0.2) is 4.98 Å². The molecule has 1 heterocycles. The second-order valence-corrected chi connectivity index (χ2v) is 4.65. The fourth-order valence-electron chi connectivity index (χ4n) is 1.30. The number of carbonyl (C=O) groups excluding carboxylic acids is 1. The van der Waals surface area contributed by atoms with Crippen LogP contribution in [0.3, 0.4) is 0 Å². The Balaban J connectivity index is 2.48. The number of anilines is 1. The molecule has 0 bridgehead atoms. The monoisotopic (exact) mass is 268 g/mol. The van der Waals surface area contributed by atoms with Gasteiger partial charge in [-0.15, -0.1) is 0 Å². The summed E-state index contributed by atoms with van der Waals surface area (Å²) in [6, 6.07) is 3.07. The Morgan fingerprint density at radius 3 is 2.82 bits per heavy atom. The number of benzene rings is 1. The van der Waals surface area contributed by atoms with Gasteiger partial charge in [0, 0.05) is 23.0 Å². The standard InChI is InChI=1S/C10H9ClN4OS/c11-7-4-5(12)3-6(9(13)16)8(7)17-10-14-1-2-15-10/h1-4H,12H2,(H2,13,16)(H,14,15). The third-order valence-electron chi connectivity index (χ3n) is 2.00. The number of aromatic amines is 1. The molecule has 0 aliphatic rings. The van der Waals surface area contributed by atoms with E-state index < -0.39 is 5.91 Å². The minimum Gasteiger partial charge on any atom is -0.399 e. The molecule has 17 heavy (non-hydrogen) atoms. The summed E-state index contributed by atoms with van der Waals surface area (Å²) in [6.07, 6.45) is 3.29. The lowest BCUT2D eigenvalue weighted by molar-refractivity contribution is 0.0997. The van der Waals surface area contributed by atoms with Crippen LogP contribution >= 0.6 is 23.4 Å². The normalized spacial score (nSPS) is 10.4. The Bertz CT molecular complexity index is 556. The molecular weight excluding hydrogens is 260 g/mol. The zero-order valence-corrected chi connectivity index (χ0v) is 10.2. The van der Waals surface area contributed by atoms with E-state index in [2.05, 4.69) is 9.97 Å². The third kappa shape index (κ3) is 2.54. The number of nitrogens with two attached hydrogens (primary N) is 2. The van der Waals surface area contributed by atoms with E-state index in [-0.39, 0.29) is 5.56 Å². The van der Waals surface area contributed by atoms with Crippen molar-refractivity contribution in [1.29, 1.82) is 0 Å². The van der Waals surface area contributed by atoms with E-state index >= 15 is 0 Å². The van der Waals surface area contributed by atoms with Gasteiger partial charge in [0.1, 0.15) is 0 Å². The summed E-state index contributed by atoms with van der Waals surface area (Å²) in [7, 11) is 0. The molecule has 2 rings (SSSR count). The van der Waals surface area contributed by atoms with Gasteiger partial charge in [0.05, 0.1) is 10.6 Å². The lowest BCUT2D eigenvalue weighted by atomic mass is 10.2. The second-order valence-electron chi connectivity index (χ2n) is 3.24. The Hall–Kier alpha value is -1.66. The number of hydrogen-bond donors (Lipinski definition) is 3. The molecule has 88 valence electrons. The Morgan fingerprint density at radius 1 is 1.47 bits per heavy atom. The number of nitrogens with one attached hydrogen (secondary N) is 1. The van der Waals surface area contributed by atoms with Gasteiger partial charge < -0.3 is 16.5 Å². The molecule has 0 unspecified atom stereocenters. The number of imidazole rings is 1. The number of carbonyl (C=O) groups is 1. The number of H-pyrrole nitrogens is 1. The van der Waals surface area contributed by atoms with Crippen molar-refractivity contribution in [3.8, 4) is 0 Å². The average molecular weight is 269 g/mol. The second kappa shape index (κ2) is 4.68. The predicted octanol–water partition coefficient (Wildman–Crippen LogP) is 1.90. The van der Waals surface area contributed by atoms with Gasteiger partial charge in [-0.1, -0.05) is 11.6 Å². The van der Waals surface area contributed by atoms with Crippen LogP contribution in [0.2, 0.25) is 5.02 Å². The van der Waals surface area contributed by atoms with Crippen molar-refractivity contribution in [3.63, 3.8) is 0 Å². The smallest absolute Gasteiger partial charge is 0.249 e. The Labute approximate surface area is 107 Å². The molecule has 7 heteroatoms. The zero-order chi connectivity index (χ0) is 12.4. The van der Waals surface area contributed by atoms with Crippen LogP contribution < -0.4 is 11.5 Å². The maximum Gasteiger partial charge on any atom is 0.249 e. The fraction of sp³-hybridized carbons (Fsp3) is 0. The largest absolute Gasteiger partial charge is 0.399 e. The maximum atomic E-state index is 11.3. The first kappa shape index (κ1) is 11.8. The number of amides is 1. The third-order valence-corrected chi connectivity index (χ3v) is 3.47. The van der Waals surface area contributed by atoms with Crippen molar-refractivity contribution < 1.29 is 4.79 Å². The highest BCUT2D eigenvalue weighted by Gasteiger charge is 2.15. The van der Waals surface area contributed by atoms with E-state index in [9.17, 15) is 4.79 Å². The van der Waals surface area contributed by atoms with Gasteiger partial charge in [-0.05, 0) is 23.9 Å². The summed E-state index contributed by atoms with van der Waals surface area (Å²) in [5, 5.41) is 0.999. The van der Waals surface area contributed by atoms with E-state index in [0.717, 1.165) is 0 Å². The Morgan fingerprint density at radius 2 is 2.24 bits per heavy atom. The van der Waals surface area contributed by atoms with Crippen molar-refractivity contribution in [2.24, 2.45) is 5.73 Å². The molecule has 0 fully saturated rings. The molecule has 1 amide bonds. The summed E-state index contributed by atoms with van der Waals surface area (Å²) < 4.78 is 0. The summed E-state index contributed by atoms with van der Waals surface area (Å²) >= 11 is 7.27. The molecular formula is C10H9ClN4OS. The molecule has 0 saturated heterocycles. The fourth-order valence-corrected chi connectivity index (χ4v) is 2.51. The summed E-state index contributed by atoms with van der Waals surface area (Å²) in [5.74, 6) is -0.576. The molecule has 1 aromatic heterocycles. The van der Waals surface area contributed by atoms with Crippen molar-refractivity contribution in [3.05, 3.63) is 35.1 Å².